The molecule has 0 bridgehead atoms. The molecule has 1 N–H and O–H groups in total. The second-order valence-electron chi connectivity index (χ2n) is 4.88. The van der Waals surface area contributed by atoms with E-state index in [1.54, 1.807) is 11.6 Å². The van der Waals surface area contributed by atoms with Crippen LogP contribution >= 0.6 is 38.9 Å². The van der Waals surface area contributed by atoms with Gasteiger partial charge in [0, 0.05) is 13.2 Å². The molecule has 7 nitrogen and oxygen atoms in total. The molecule has 2 aromatic heterocycles. The van der Waals surface area contributed by atoms with Crippen LogP contribution in [0.3, 0.4) is 0 Å². The third-order valence-corrected chi connectivity index (χ3v) is 6.00. The number of nitrogens with zero attached hydrogens (tertiary/aromatic N) is 4. The van der Waals surface area contributed by atoms with Crippen LogP contribution in [0.1, 0.15) is 0 Å². The minimum atomic E-state index is -3.44. The molecule has 0 radical (unpaired) electrons. The lowest BCUT2D eigenvalue weighted by molar-refractivity contribution is 0.600. The summed E-state index contributed by atoms with van der Waals surface area (Å²) in [7, 11) is -1.96. The molecule has 0 unspecified atom stereocenters. The Labute approximate surface area is 155 Å². The van der Waals surface area contributed by atoms with Gasteiger partial charge in [-0.3, -0.25) is 4.31 Å². The summed E-state index contributed by atoms with van der Waals surface area (Å²) in [4.78, 5) is 12.2. The van der Waals surface area contributed by atoms with Gasteiger partial charge in [0.2, 0.25) is 15.3 Å². The van der Waals surface area contributed by atoms with Crippen molar-refractivity contribution in [2.45, 2.75) is 0 Å². The van der Waals surface area contributed by atoms with Crippen molar-refractivity contribution in [1.29, 1.82) is 0 Å². The van der Waals surface area contributed by atoms with Crippen LogP contribution in [-0.4, -0.2) is 36.7 Å². The zero-order chi connectivity index (χ0) is 17.5. The van der Waals surface area contributed by atoms with Crippen molar-refractivity contribution in [3.05, 3.63) is 33.6 Å². The Morgan fingerprint density at radius 3 is 2.79 bits per heavy atom. The fourth-order valence-electron chi connectivity index (χ4n) is 1.99. The number of thiazole rings is 1. The Morgan fingerprint density at radius 1 is 1.33 bits per heavy atom. The van der Waals surface area contributed by atoms with E-state index in [1.807, 2.05) is 6.07 Å². The Balaban J connectivity index is 2.16. The number of hydrogen-bond acceptors (Lipinski definition) is 7. The van der Waals surface area contributed by atoms with Gasteiger partial charge in [-0.2, -0.15) is 4.98 Å². The highest BCUT2D eigenvalue weighted by atomic mass is 79.9. The van der Waals surface area contributed by atoms with Gasteiger partial charge in [-0.15, -0.1) is 11.3 Å². The summed E-state index contributed by atoms with van der Waals surface area (Å²) in [5.74, 6) is 0.432. The largest absolute Gasteiger partial charge is 0.337 e. The smallest absolute Gasteiger partial charge is 0.232 e. The standard InChI is InChI=1S/C13H11BrClN5O2S2/c1-20(24(2,21)22)10-3-9-11(23-6-17-9)4-8(10)18-12-7(14)5-16-13(15)19-12/h3-6H,1-2H3,(H,16,18,19). The van der Waals surface area contributed by atoms with E-state index in [9.17, 15) is 8.42 Å². The van der Waals surface area contributed by atoms with Gasteiger partial charge >= 0.3 is 0 Å². The Morgan fingerprint density at radius 2 is 2.08 bits per heavy atom. The van der Waals surface area contributed by atoms with E-state index in [0.717, 1.165) is 16.5 Å². The molecule has 0 fully saturated rings. The quantitative estimate of drug-likeness (QED) is 0.613. The number of rotatable bonds is 4. The first kappa shape index (κ1) is 17.3. The summed E-state index contributed by atoms with van der Waals surface area (Å²) in [6.45, 7) is 0. The predicted molar refractivity (Wildman–Crippen MR) is 101 cm³/mol. The third kappa shape index (κ3) is 3.46. The summed E-state index contributed by atoms with van der Waals surface area (Å²) in [5, 5.41) is 3.19. The van der Waals surface area contributed by atoms with E-state index >= 15 is 0 Å². The molecule has 0 amide bonds. The van der Waals surface area contributed by atoms with Crippen LogP contribution in [0.5, 0.6) is 0 Å². The monoisotopic (exact) mass is 447 g/mol. The first-order valence-electron chi connectivity index (χ1n) is 6.52. The van der Waals surface area contributed by atoms with Crippen molar-refractivity contribution in [3.63, 3.8) is 0 Å². The molecule has 0 saturated heterocycles. The fourth-order valence-corrected chi connectivity index (χ4v) is 3.62. The van der Waals surface area contributed by atoms with Crippen LogP contribution in [0.25, 0.3) is 10.2 Å². The predicted octanol–water partition coefficient (Wildman–Crippen LogP) is 3.64. The molecule has 0 aliphatic heterocycles. The van der Waals surface area contributed by atoms with Crippen LogP contribution in [0.4, 0.5) is 17.2 Å². The zero-order valence-corrected chi connectivity index (χ0v) is 16.5. The highest BCUT2D eigenvalue weighted by Crippen LogP contribution is 2.36. The molecule has 0 atom stereocenters. The van der Waals surface area contributed by atoms with Crippen molar-refractivity contribution in [2.24, 2.45) is 0 Å². The third-order valence-electron chi connectivity index (χ3n) is 3.25. The van der Waals surface area contributed by atoms with Crippen LogP contribution in [-0.2, 0) is 10.0 Å². The number of sulfonamides is 1. The molecule has 0 saturated carbocycles. The normalized spacial score (nSPS) is 11.7. The van der Waals surface area contributed by atoms with E-state index in [4.69, 9.17) is 11.6 Å². The van der Waals surface area contributed by atoms with E-state index < -0.39 is 10.0 Å². The number of benzene rings is 1. The van der Waals surface area contributed by atoms with Crippen LogP contribution in [0, 0.1) is 0 Å². The average Bonchev–Trinajstić information content (AvgIpc) is 2.95. The molecular formula is C13H11BrClN5O2S2. The molecule has 3 rings (SSSR count). The minimum absolute atomic E-state index is 0.0811. The summed E-state index contributed by atoms with van der Waals surface area (Å²) in [6.07, 6.45) is 2.66. The molecular weight excluding hydrogens is 438 g/mol. The number of hydrogen-bond donors (Lipinski definition) is 1. The maximum absolute atomic E-state index is 12.0. The van der Waals surface area contributed by atoms with Crippen molar-refractivity contribution >= 4 is 76.3 Å². The number of aromatic nitrogens is 3. The first-order chi connectivity index (χ1) is 11.3. The van der Waals surface area contributed by atoms with Gasteiger partial charge in [-0.1, -0.05) is 0 Å². The lowest BCUT2D eigenvalue weighted by Gasteiger charge is -2.21. The summed E-state index contributed by atoms with van der Waals surface area (Å²) in [5.41, 5.74) is 3.44. The van der Waals surface area contributed by atoms with Gasteiger partial charge in [-0.05, 0) is 39.7 Å². The van der Waals surface area contributed by atoms with Crippen LogP contribution in [0.2, 0.25) is 5.28 Å². The van der Waals surface area contributed by atoms with E-state index in [1.165, 1.54) is 28.9 Å². The number of nitrogens with one attached hydrogen (secondary N) is 1. The second kappa shape index (κ2) is 6.43. The first-order valence-corrected chi connectivity index (χ1v) is 10.4. The molecule has 0 spiro atoms. The van der Waals surface area contributed by atoms with Gasteiger partial charge in [0.05, 0.1) is 37.8 Å². The molecule has 3 aromatic rings. The number of anilines is 3. The van der Waals surface area contributed by atoms with Crippen molar-refractivity contribution < 1.29 is 8.42 Å². The topological polar surface area (TPSA) is 88.1 Å². The van der Waals surface area contributed by atoms with Gasteiger partial charge < -0.3 is 5.32 Å². The number of fused-ring (bicyclic) bond motifs is 1. The Bertz CT molecular complexity index is 1020. The van der Waals surface area contributed by atoms with Gasteiger partial charge in [0.1, 0.15) is 5.82 Å². The maximum atomic E-state index is 12.0. The summed E-state index contributed by atoms with van der Waals surface area (Å²) in [6, 6.07) is 3.54. The second-order valence-corrected chi connectivity index (χ2v) is 8.97. The van der Waals surface area contributed by atoms with Crippen molar-refractivity contribution in [2.75, 3.05) is 22.9 Å². The molecule has 0 aliphatic rings. The SMILES string of the molecule is CN(c1cc2ncsc2cc1Nc1nc(Cl)ncc1Br)S(C)(=O)=O. The lowest BCUT2D eigenvalue weighted by atomic mass is 10.2. The molecule has 2 heterocycles. The molecule has 1 aromatic carbocycles. The Hall–Kier alpha value is -1.49. The van der Waals surface area contributed by atoms with Crippen molar-refractivity contribution in [3.8, 4) is 0 Å². The molecule has 11 heteroatoms. The van der Waals surface area contributed by atoms with E-state index in [0.29, 0.717) is 21.7 Å². The maximum Gasteiger partial charge on any atom is 0.232 e. The van der Waals surface area contributed by atoms with Crippen molar-refractivity contribution in [1.82, 2.24) is 15.0 Å². The zero-order valence-electron chi connectivity index (χ0n) is 12.5. The number of halogens is 2. The van der Waals surface area contributed by atoms with E-state index in [2.05, 4.69) is 36.2 Å². The van der Waals surface area contributed by atoms with Gasteiger partial charge in [0.15, 0.2) is 0 Å². The summed E-state index contributed by atoms with van der Waals surface area (Å²) >= 11 is 10.6. The van der Waals surface area contributed by atoms with Gasteiger partial charge in [-0.25, -0.2) is 18.4 Å². The van der Waals surface area contributed by atoms with Gasteiger partial charge in [0.25, 0.3) is 0 Å². The Kier molecular flexibility index (Phi) is 4.65. The lowest BCUT2D eigenvalue weighted by Crippen LogP contribution is -2.25. The molecule has 24 heavy (non-hydrogen) atoms. The van der Waals surface area contributed by atoms with E-state index in [-0.39, 0.29) is 5.28 Å². The summed E-state index contributed by atoms with van der Waals surface area (Å²) < 4.78 is 26.6. The average molecular weight is 449 g/mol. The molecule has 126 valence electrons. The highest BCUT2D eigenvalue weighted by Gasteiger charge is 2.19. The highest BCUT2D eigenvalue weighted by molar-refractivity contribution is 9.10. The minimum Gasteiger partial charge on any atom is -0.337 e. The molecule has 0 aliphatic carbocycles. The van der Waals surface area contributed by atoms with Crippen LogP contribution < -0.4 is 9.62 Å². The van der Waals surface area contributed by atoms with Crippen LogP contribution in [0.15, 0.2) is 28.3 Å². The fraction of sp³-hybridized carbons (Fsp3) is 0.154.